The number of likely N-dealkylation sites (N-methyl/N-ethyl adjacent to an activating group) is 1. The second-order valence-corrected chi connectivity index (χ2v) is 10.6. The first-order valence-electron chi connectivity index (χ1n) is 12.8. The van der Waals surface area contributed by atoms with Gasteiger partial charge in [-0.1, -0.05) is 17.7 Å². The van der Waals surface area contributed by atoms with Crippen molar-refractivity contribution < 1.29 is 9.26 Å². The second-order valence-electron chi connectivity index (χ2n) is 10.6. The quantitative estimate of drug-likeness (QED) is 0.254. The molecule has 1 aliphatic heterocycles. The summed E-state index contributed by atoms with van der Waals surface area (Å²) in [7, 11) is 4.12. The fourth-order valence-electron chi connectivity index (χ4n) is 4.88. The summed E-state index contributed by atoms with van der Waals surface area (Å²) in [5.74, 6) is 9.71. The van der Waals surface area contributed by atoms with Crippen LogP contribution >= 0.6 is 0 Å². The zero-order valence-electron chi connectivity index (χ0n) is 20.9. The number of aryl methyl sites for hydroxylation is 1. The van der Waals surface area contributed by atoms with Crippen LogP contribution in [0.15, 0.2) is 29.0 Å². The number of aromatic nitrogens is 1. The van der Waals surface area contributed by atoms with Gasteiger partial charge in [-0.15, -0.1) is 5.92 Å². The molecule has 0 aromatic carbocycles. The van der Waals surface area contributed by atoms with Gasteiger partial charge in [-0.05, 0) is 103 Å². The first-order chi connectivity index (χ1) is 16.0. The van der Waals surface area contributed by atoms with E-state index in [1.165, 1.54) is 64.6 Å². The molecule has 0 amide bonds. The van der Waals surface area contributed by atoms with Crippen molar-refractivity contribution >= 4 is 5.57 Å². The highest BCUT2D eigenvalue weighted by atomic mass is 16.5. The van der Waals surface area contributed by atoms with Crippen molar-refractivity contribution in [2.24, 2.45) is 17.3 Å². The van der Waals surface area contributed by atoms with Crippen LogP contribution in [0.25, 0.3) is 5.57 Å². The van der Waals surface area contributed by atoms with Gasteiger partial charge in [0.05, 0.1) is 17.9 Å². The van der Waals surface area contributed by atoms with Crippen molar-refractivity contribution in [1.29, 1.82) is 0 Å². The van der Waals surface area contributed by atoms with Gasteiger partial charge in [0, 0.05) is 24.6 Å². The normalized spacial score (nSPS) is 21.3. The fraction of sp³-hybridized carbons (Fsp3) is 0.679. The second kappa shape index (κ2) is 10.9. The van der Waals surface area contributed by atoms with Gasteiger partial charge in [-0.3, -0.25) is 0 Å². The van der Waals surface area contributed by atoms with Gasteiger partial charge in [-0.25, -0.2) is 0 Å². The molecular weight excluding hydrogens is 410 g/mol. The molecule has 1 aromatic heterocycles. The molecule has 2 saturated carbocycles. The third-order valence-electron chi connectivity index (χ3n) is 7.27. The molecule has 2 heterocycles. The lowest BCUT2D eigenvalue weighted by Gasteiger charge is -2.33. The van der Waals surface area contributed by atoms with E-state index in [0.717, 1.165) is 48.3 Å². The first-order valence-corrected chi connectivity index (χ1v) is 12.8. The van der Waals surface area contributed by atoms with Crippen molar-refractivity contribution in [2.75, 3.05) is 46.9 Å². The monoisotopic (exact) mass is 451 g/mol. The molecule has 1 saturated heterocycles. The summed E-state index contributed by atoms with van der Waals surface area (Å²) in [6.07, 6.45) is 11.6. The minimum absolute atomic E-state index is 0.323. The van der Waals surface area contributed by atoms with Gasteiger partial charge in [0.15, 0.2) is 5.76 Å². The Kier molecular flexibility index (Phi) is 7.98. The minimum atomic E-state index is 0.323. The molecule has 3 fully saturated rings. The standard InChI is InChI=1S/C28H41N3O2/c1-5-13-28(14-15-28)21-31-16-11-22(12-17-31)9-10-24-18-27(33-29-24)25(19-30(3)4)26(6-2)32-20-23-7-8-23/h6,18,22-23H,2,7-12,14-17,19-21H2,1,3-4H3/b26-25+. The molecule has 5 heteroatoms. The minimum Gasteiger partial charge on any atom is -0.493 e. The van der Waals surface area contributed by atoms with Gasteiger partial charge in [0.2, 0.25) is 0 Å². The Hall–Kier alpha value is -2.03. The molecule has 1 aromatic rings. The third-order valence-corrected chi connectivity index (χ3v) is 7.27. The van der Waals surface area contributed by atoms with Crippen LogP contribution in [-0.2, 0) is 11.2 Å². The molecule has 0 atom stereocenters. The van der Waals surface area contributed by atoms with E-state index in [4.69, 9.17) is 9.26 Å². The molecule has 4 rings (SSSR count). The molecular formula is C28H41N3O2. The van der Waals surface area contributed by atoms with Crippen LogP contribution in [0.4, 0.5) is 0 Å². The maximum Gasteiger partial charge on any atom is 0.168 e. The number of allylic oxidation sites excluding steroid dienone is 1. The number of hydrogen-bond donors (Lipinski definition) is 0. The van der Waals surface area contributed by atoms with Crippen molar-refractivity contribution in [3.8, 4) is 11.8 Å². The zero-order valence-corrected chi connectivity index (χ0v) is 20.9. The van der Waals surface area contributed by atoms with Crippen LogP contribution in [0.2, 0.25) is 0 Å². The van der Waals surface area contributed by atoms with Crippen molar-refractivity contribution in [3.63, 3.8) is 0 Å². The van der Waals surface area contributed by atoms with Gasteiger partial charge >= 0.3 is 0 Å². The lowest BCUT2D eigenvalue weighted by Crippen LogP contribution is -2.37. The molecule has 180 valence electrons. The van der Waals surface area contributed by atoms with E-state index in [-0.39, 0.29) is 0 Å². The summed E-state index contributed by atoms with van der Waals surface area (Å²) < 4.78 is 11.9. The van der Waals surface area contributed by atoms with E-state index in [1.54, 1.807) is 0 Å². The number of hydrogen-bond acceptors (Lipinski definition) is 5. The van der Waals surface area contributed by atoms with E-state index >= 15 is 0 Å². The predicted octanol–water partition coefficient (Wildman–Crippen LogP) is 5.01. The van der Waals surface area contributed by atoms with Crippen LogP contribution in [0.3, 0.4) is 0 Å². The average Bonchev–Trinajstić information content (AvgIpc) is 3.72. The smallest absolute Gasteiger partial charge is 0.168 e. The predicted molar refractivity (Wildman–Crippen MR) is 133 cm³/mol. The zero-order chi connectivity index (χ0) is 23.3. The Morgan fingerprint density at radius 3 is 2.64 bits per heavy atom. The number of ether oxygens (including phenoxy) is 1. The number of nitrogens with zero attached hydrogens (tertiary/aromatic N) is 3. The van der Waals surface area contributed by atoms with Crippen LogP contribution in [0, 0.1) is 29.1 Å². The first kappa shape index (κ1) is 24.1. The summed E-state index contributed by atoms with van der Waals surface area (Å²) in [4.78, 5) is 4.77. The van der Waals surface area contributed by atoms with E-state index < -0.39 is 0 Å². The Bertz CT molecular complexity index is 888. The molecule has 3 aliphatic rings. The lowest BCUT2D eigenvalue weighted by atomic mass is 9.91. The van der Waals surface area contributed by atoms with E-state index in [0.29, 0.717) is 11.3 Å². The fourth-order valence-corrected chi connectivity index (χ4v) is 4.88. The third kappa shape index (κ3) is 6.98. The van der Waals surface area contributed by atoms with Gasteiger partial charge in [0.1, 0.15) is 5.76 Å². The lowest BCUT2D eigenvalue weighted by molar-refractivity contribution is 0.162. The highest BCUT2D eigenvalue weighted by molar-refractivity contribution is 5.67. The van der Waals surface area contributed by atoms with Gasteiger partial charge < -0.3 is 19.1 Å². The highest BCUT2D eigenvalue weighted by Gasteiger charge is 2.42. The van der Waals surface area contributed by atoms with E-state index in [2.05, 4.69) is 53.5 Å². The molecule has 0 spiro atoms. The summed E-state index contributed by atoms with van der Waals surface area (Å²) >= 11 is 0. The molecule has 33 heavy (non-hydrogen) atoms. The molecule has 0 bridgehead atoms. The largest absolute Gasteiger partial charge is 0.493 e. The van der Waals surface area contributed by atoms with Crippen LogP contribution < -0.4 is 0 Å². The number of rotatable bonds is 12. The number of likely N-dealkylation sites (tertiary alicyclic amines) is 1. The summed E-state index contributed by atoms with van der Waals surface area (Å²) in [6.45, 7) is 11.0. The molecule has 2 aliphatic carbocycles. The van der Waals surface area contributed by atoms with Crippen LogP contribution in [0.1, 0.15) is 63.3 Å². The summed E-state index contributed by atoms with van der Waals surface area (Å²) in [6, 6.07) is 2.11. The SMILES string of the molecule is C=C/C(OCC1CC1)=C(/CN(C)C)c1cc(CCC2CCN(CC3(C#CC)CC3)CC2)no1. The van der Waals surface area contributed by atoms with Crippen LogP contribution in [-0.4, -0.2) is 61.8 Å². The summed E-state index contributed by atoms with van der Waals surface area (Å²) in [5.41, 5.74) is 2.40. The van der Waals surface area contributed by atoms with Gasteiger partial charge in [-0.2, -0.15) is 0 Å². The Balaban J connectivity index is 1.29. The van der Waals surface area contributed by atoms with Crippen molar-refractivity contribution in [2.45, 2.75) is 58.3 Å². The van der Waals surface area contributed by atoms with Crippen molar-refractivity contribution in [3.05, 3.63) is 35.9 Å². The topological polar surface area (TPSA) is 41.7 Å². The highest BCUT2D eigenvalue weighted by Crippen LogP contribution is 2.46. The maximum absolute atomic E-state index is 6.10. The Morgan fingerprint density at radius 1 is 1.27 bits per heavy atom. The average molecular weight is 452 g/mol. The maximum atomic E-state index is 6.10. The van der Waals surface area contributed by atoms with E-state index in [9.17, 15) is 0 Å². The molecule has 5 nitrogen and oxygen atoms in total. The molecule has 0 N–H and O–H groups in total. The van der Waals surface area contributed by atoms with Crippen LogP contribution in [0.5, 0.6) is 0 Å². The molecule has 0 radical (unpaired) electrons. The van der Waals surface area contributed by atoms with E-state index in [1.807, 2.05) is 13.0 Å². The Morgan fingerprint density at radius 2 is 2.03 bits per heavy atom. The summed E-state index contributed by atoms with van der Waals surface area (Å²) in [5, 5.41) is 4.40. The Labute approximate surface area is 200 Å². The number of piperidine rings is 1. The molecule has 0 unspecified atom stereocenters. The van der Waals surface area contributed by atoms with Gasteiger partial charge in [0.25, 0.3) is 0 Å². The van der Waals surface area contributed by atoms with Crippen molar-refractivity contribution in [1.82, 2.24) is 15.0 Å².